The van der Waals surface area contributed by atoms with Crippen molar-refractivity contribution in [2.75, 3.05) is 6.61 Å². The summed E-state index contributed by atoms with van der Waals surface area (Å²) in [6.07, 6.45) is 1.57. The largest absolute Gasteiger partial charge is 0.374 e. The van der Waals surface area contributed by atoms with E-state index in [0.29, 0.717) is 6.61 Å². The second-order valence-electron chi connectivity index (χ2n) is 4.28. The van der Waals surface area contributed by atoms with Gasteiger partial charge in [0.1, 0.15) is 12.9 Å². The van der Waals surface area contributed by atoms with E-state index < -0.39 is 8.07 Å². The molecule has 0 unspecified atom stereocenters. The zero-order valence-corrected chi connectivity index (χ0v) is 9.50. The lowest BCUT2D eigenvalue weighted by Gasteiger charge is -2.14. The molecular weight excluding hydrogens is 182 g/mol. The van der Waals surface area contributed by atoms with Crippen LogP contribution in [0.3, 0.4) is 0 Å². The van der Waals surface area contributed by atoms with Gasteiger partial charge in [0, 0.05) is 14.7 Å². The average molecular weight is 199 g/mol. The molecule has 0 atom stereocenters. The van der Waals surface area contributed by atoms with Crippen LogP contribution in [0.1, 0.15) is 5.82 Å². The number of aromatic amines is 1. The van der Waals surface area contributed by atoms with Crippen molar-refractivity contribution in [1.29, 1.82) is 0 Å². The normalized spacial score (nSPS) is 11.9. The van der Waals surface area contributed by atoms with E-state index in [-0.39, 0.29) is 0 Å². The number of H-pyrrole nitrogens is 1. The first-order valence-electron chi connectivity index (χ1n) is 4.50. The molecule has 0 aromatic carbocycles. The number of hydrogen-bond acceptors (Lipinski definition) is 3. The molecule has 1 aromatic heterocycles. The predicted octanol–water partition coefficient (Wildman–Crippen LogP) is 1.66. The van der Waals surface area contributed by atoms with Crippen LogP contribution in [-0.4, -0.2) is 29.9 Å². The number of nitrogens with one attached hydrogen (secondary N) is 1. The summed E-state index contributed by atoms with van der Waals surface area (Å²) in [5.74, 6) is 0.732. The van der Waals surface area contributed by atoms with Crippen LogP contribution in [-0.2, 0) is 11.3 Å². The quantitative estimate of drug-likeness (QED) is 0.579. The molecule has 0 spiro atoms. The summed E-state index contributed by atoms with van der Waals surface area (Å²) in [6, 6.07) is 1.19. The van der Waals surface area contributed by atoms with Crippen LogP contribution in [0.5, 0.6) is 0 Å². The third-order valence-corrected chi connectivity index (χ3v) is 3.40. The topological polar surface area (TPSA) is 50.8 Å². The first-order chi connectivity index (χ1) is 6.08. The summed E-state index contributed by atoms with van der Waals surface area (Å²) >= 11 is 0. The van der Waals surface area contributed by atoms with E-state index in [0.717, 1.165) is 12.4 Å². The molecule has 0 bridgehead atoms. The maximum absolute atomic E-state index is 5.44. The van der Waals surface area contributed by atoms with E-state index >= 15 is 0 Å². The average Bonchev–Trinajstić information content (AvgIpc) is 2.48. The molecule has 1 heterocycles. The van der Waals surface area contributed by atoms with Crippen molar-refractivity contribution >= 4 is 8.07 Å². The fourth-order valence-corrected chi connectivity index (χ4v) is 1.60. The zero-order valence-electron chi connectivity index (χ0n) is 8.50. The van der Waals surface area contributed by atoms with Gasteiger partial charge < -0.3 is 4.74 Å². The molecule has 5 heteroatoms. The molecule has 0 aliphatic rings. The number of aromatic nitrogens is 3. The fourth-order valence-electron chi connectivity index (χ4n) is 0.847. The highest BCUT2D eigenvalue weighted by atomic mass is 28.3. The molecule has 1 N–H and O–H groups in total. The van der Waals surface area contributed by atoms with Gasteiger partial charge in [-0.1, -0.05) is 19.6 Å². The SMILES string of the molecule is C[Si](C)(C)CCOCc1nc[nH]n1. The van der Waals surface area contributed by atoms with Gasteiger partial charge in [0.15, 0.2) is 5.82 Å². The van der Waals surface area contributed by atoms with Crippen LogP contribution in [0.2, 0.25) is 25.7 Å². The van der Waals surface area contributed by atoms with E-state index in [2.05, 4.69) is 34.8 Å². The first kappa shape index (κ1) is 10.4. The molecule has 13 heavy (non-hydrogen) atoms. The summed E-state index contributed by atoms with van der Waals surface area (Å²) in [6.45, 7) is 8.35. The van der Waals surface area contributed by atoms with E-state index in [1.54, 1.807) is 6.33 Å². The first-order valence-corrected chi connectivity index (χ1v) is 8.21. The molecule has 0 aliphatic carbocycles. The van der Waals surface area contributed by atoms with E-state index in [1.807, 2.05) is 0 Å². The minimum Gasteiger partial charge on any atom is -0.374 e. The molecular formula is C8H17N3OSi. The van der Waals surface area contributed by atoms with Crippen molar-refractivity contribution in [3.8, 4) is 0 Å². The Labute approximate surface area is 79.7 Å². The molecule has 0 amide bonds. The molecule has 1 rings (SSSR count). The summed E-state index contributed by atoms with van der Waals surface area (Å²) < 4.78 is 5.44. The predicted molar refractivity (Wildman–Crippen MR) is 54.2 cm³/mol. The van der Waals surface area contributed by atoms with Gasteiger partial charge in [0.2, 0.25) is 0 Å². The summed E-state index contributed by atoms with van der Waals surface area (Å²) in [5, 5.41) is 6.55. The molecule has 0 aliphatic heterocycles. The molecule has 0 fully saturated rings. The standard InChI is InChI=1S/C8H17N3OSi/c1-13(2,3)5-4-12-6-8-9-7-10-11-8/h7H,4-6H2,1-3H3,(H,9,10,11). The van der Waals surface area contributed by atoms with Crippen LogP contribution in [0, 0.1) is 0 Å². The summed E-state index contributed by atoms with van der Waals surface area (Å²) in [4.78, 5) is 3.97. The minimum atomic E-state index is -0.953. The molecule has 4 nitrogen and oxygen atoms in total. The van der Waals surface area contributed by atoms with Crippen molar-refractivity contribution in [2.24, 2.45) is 0 Å². The summed E-state index contributed by atoms with van der Waals surface area (Å²) in [7, 11) is -0.953. The Morgan fingerprint density at radius 2 is 2.23 bits per heavy atom. The van der Waals surface area contributed by atoms with Gasteiger partial charge in [0.05, 0.1) is 0 Å². The Bertz CT molecular complexity index is 230. The van der Waals surface area contributed by atoms with Crippen LogP contribution in [0.4, 0.5) is 0 Å². The Morgan fingerprint density at radius 3 is 2.77 bits per heavy atom. The highest BCUT2D eigenvalue weighted by Gasteiger charge is 2.12. The Hall–Kier alpha value is -0.683. The Kier molecular flexibility index (Phi) is 3.62. The van der Waals surface area contributed by atoms with Crippen LogP contribution < -0.4 is 0 Å². The lowest BCUT2D eigenvalue weighted by molar-refractivity contribution is 0.127. The third-order valence-electron chi connectivity index (χ3n) is 1.69. The zero-order chi connectivity index (χ0) is 9.73. The van der Waals surface area contributed by atoms with Crippen molar-refractivity contribution in [3.63, 3.8) is 0 Å². The summed E-state index contributed by atoms with van der Waals surface area (Å²) in [5.41, 5.74) is 0. The van der Waals surface area contributed by atoms with Gasteiger partial charge in [-0.05, 0) is 6.04 Å². The number of nitrogens with zero attached hydrogens (tertiary/aromatic N) is 2. The molecule has 0 saturated heterocycles. The fraction of sp³-hybridized carbons (Fsp3) is 0.750. The van der Waals surface area contributed by atoms with Crippen molar-refractivity contribution in [2.45, 2.75) is 32.3 Å². The Balaban J connectivity index is 2.09. The lowest BCUT2D eigenvalue weighted by Crippen LogP contribution is -2.21. The monoisotopic (exact) mass is 199 g/mol. The smallest absolute Gasteiger partial charge is 0.175 e. The second kappa shape index (κ2) is 4.52. The highest BCUT2D eigenvalue weighted by Crippen LogP contribution is 2.07. The van der Waals surface area contributed by atoms with Crippen molar-refractivity contribution in [1.82, 2.24) is 15.2 Å². The van der Waals surface area contributed by atoms with E-state index in [9.17, 15) is 0 Å². The molecule has 0 radical (unpaired) electrons. The van der Waals surface area contributed by atoms with Gasteiger partial charge in [-0.25, -0.2) is 4.98 Å². The van der Waals surface area contributed by atoms with E-state index in [1.165, 1.54) is 6.04 Å². The van der Waals surface area contributed by atoms with Gasteiger partial charge in [0.25, 0.3) is 0 Å². The number of rotatable bonds is 5. The molecule has 0 saturated carbocycles. The van der Waals surface area contributed by atoms with Crippen molar-refractivity contribution in [3.05, 3.63) is 12.2 Å². The second-order valence-corrected chi connectivity index (χ2v) is 9.90. The van der Waals surface area contributed by atoms with Gasteiger partial charge in [-0.3, -0.25) is 5.10 Å². The van der Waals surface area contributed by atoms with Gasteiger partial charge in [-0.15, -0.1) is 0 Å². The van der Waals surface area contributed by atoms with Crippen LogP contribution >= 0.6 is 0 Å². The molecule has 1 aromatic rings. The van der Waals surface area contributed by atoms with Gasteiger partial charge in [-0.2, -0.15) is 5.10 Å². The maximum atomic E-state index is 5.44. The van der Waals surface area contributed by atoms with Crippen LogP contribution in [0.25, 0.3) is 0 Å². The highest BCUT2D eigenvalue weighted by molar-refractivity contribution is 6.76. The van der Waals surface area contributed by atoms with Gasteiger partial charge >= 0.3 is 0 Å². The van der Waals surface area contributed by atoms with E-state index in [4.69, 9.17) is 4.74 Å². The number of ether oxygens (including phenoxy) is 1. The Morgan fingerprint density at radius 1 is 1.46 bits per heavy atom. The lowest BCUT2D eigenvalue weighted by atomic mass is 10.7. The number of hydrogen-bond donors (Lipinski definition) is 1. The van der Waals surface area contributed by atoms with Crippen molar-refractivity contribution < 1.29 is 4.74 Å². The minimum absolute atomic E-state index is 0.522. The molecule has 74 valence electrons. The maximum Gasteiger partial charge on any atom is 0.175 e. The van der Waals surface area contributed by atoms with Crippen LogP contribution in [0.15, 0.2) is 6.33 Å². The third kappa shape index (κ3) is 4.79.